The van der Waals surface area contributed by atoms with Crippen LogP contribution in [0, 0.1) is 0 Å². The highest BCUT2D eigenvalue weighted by atomic mass is 16.3. The Bertz CT molecular complexity index is 319. The summed E-state index contributed by atoms with van der Waals surface area (Å²) in [6, 6.07) is -0.0841. The number of imide groups is 1. The monoisotopic (exact) mass is 300 g/mol. The number of rotatable bonds is 9. The summed E-state index contributed by atoms with van der Waals surface area (Å²) in [6.07, 6.45) is 4.11. The smallest absolute Gasteiger partial charge is 0.321 e. The van der Waals surface area contributed by atoms with Crippen LogP contribution in [0.4, 0.5) is 4.79 Å². The molecule has 122 valence electrons. The summed E-state index contributed by atoms with van der Waals surface area (Å²) in [6.45, 7) is 4.89. The average molecular weight is 300 g/mol. The van der Waals surface area contributed by atoms with Crippen LogP contribution in [0.15, 0.2) is 0 Å². The second kappa shape index (κ2) is 10.5. The molecule has 0 radical (unpaired) electrons. The molecule has 4 N–H and O–H groups in total. The van der Waals surface area contributed by atoms with Gasteiger partial charge >= 0.3 is 6.03 Å². The van der Waals surface area contributed by atoms with E-state index in [1.165, 1.54) is 0 Å². The third-order valence-corrected chi connectivity index (χ3v) is 3.49. The van der Waals surface area contributed by atoms with Gasteiger partial charge in [0.25, 0.3) is 0 Å². The predicted molar refractivity (Wildman–Crippen MR) is 81.0 cm³/mol. The van der Waals surface area contributed by atoms with Crippen molar-refractivity contribution in [3.63, 3.8) is 0 Å². The minimum Gasteiger partial charge on any atom is -0.395 e. The predicted octanol–water partition coefficient (Wildman–Crippen LogP) is -0.341. The first-order chi connectivity index (χ1) is 10.2. The van der Waals surface area contributed by atoms with Gasteiger partial charge < -0.3 is 15.7 Å². The quantitative estimate of drug-likeness (QED) is 0.437. The molecule has 0 aromatic rings. The number of unbranched alkanes of at least 4 members (excludes halogenated alkanes) is 1. The van der Waals surface area contributed by atoms with Crippen LogP contribution in [-0.2, 0) is 4.79 Å². The molecule has 0 bridgehead atoms. The second-order valence-electron chi connectivity index (χ2n) is 5.41. The zero-order valence-electron chi connectivity index (χ0n) is 12.9. The Labute approximate surface area is 126 Å². The van der Waals surface area contributed by atoms with Gasteiger partial charge in [-0.3, -0.25) is 15.0 Å². The molecular weight excluding hydrogens is 272 g/mol. The van der Waals surface area contributed by atoms with Crippen LogP contribution in [0.1, 0.15) is 32.6 Å². The number of urea groups is 1. The minimum absolute atomic E-state index is 0.00268. The van der Waals surface area contributed by atoms with Crippen LogP contribution in [0.3, 0.4) is 0 Å². The van der Waals surface area contributed by atoms with Crippen LogP contribution >= 0.6 is 0 Å². The summed E-state index contributed by atoms with van der Waals surface area (Å²) < 4.78 is 0. The van der Waals surface area contributed by atoms with Crippen molar-refractivity contribution in [1.29, 1.82) is 0 Å². The first-order valence-corrected chi connectivity index (χ1v) is 7.80. The molecule has 1 aliphatic heterocycles. The van der Waals surface area contributed by atoms with E-state index in [1.807, 2.05) is 11.8 Å². The maximum atomic E-state index is 11.8. The van der Waals surface area contributed by atoms with E-state index in [0.29, 0.717) is 25.7 Å². The zero-order valence-corrected chi connectivity index (χ0v) is 12.9. The highest BCUT2D eigenvalue weighted by Crippen LogP contribution is 2.06. The van der Waals surface area contributed by atoms with E-state index in [-0.39, 0.29) is 19.1 Å². The molecular formula is C14H28N4O3. The van der Waals surface area contributed by atoms with Crippen molar-refractivity contribution < 1.29 is 14.7 Å². The number of aliphatic hydroxyl groups excluding tert-OH is 1. The number of carbonyl (C=O) groups excluding carboxylic acids is 2. The lowest BCUT2D eigenvalue weighted by atomic mass is 10.2. The normalized spacial score (nSPS) is 18.0. The fourth-order valence-electron chi connectivity index (χ4n) is 2.39. The van der Waals surface area contributed by atoms with Gasteiger partial charge in [-0.2, -0.15) is 0 Å². The summed E-state index contributed by atoms with van der Waals surface area (Å²) in [5.41, 5.74) is 0. The fourth-order valence-corrected chi connectivity index (χ4v) is 2.39. The molecule has 21 heavy (non-hydrogen) atoms. The van der Waals surface area contributed by atoms with Crippen molar-refractivity contribution in [1.82, 2.24) is 20.9 Å². The Kier molecular flexibility index (Phi) is 8.96. The minimum atomic E-state index is -0.448. The van der Waals surface area contributed by atoms with Crippen molar-refractivity contribution in [3.8, 4) is 0 Å². The summed E-state index contributed by atoms with van der Waals surface area (Å²) in [5, 5.41) is 17.4. The van der Waals surface area contributed by atoms with Gasteiger partial charge in [0.05, 0.1) is 13.2 Å². The van der Waals surface area contributed by atoms with Crippen LogP contribution < -0.4 is 16.0 Å². The molecule has 1 fully saturated rings. The molecule has 0 aliphatic carbocycles. The topological polar surface area (TPSA) is 93.7 Å². The third-order valence-electron chi connectivity index (χ3n) is 3.49. The molecule has 1 heterocycles. The Hall–Kier alpha value is -1.18. The van der Waals surface area contributed by atoms with Gasteiger partial charge in [0, 0.05) is 25.7 Å². The zero-order chi connectivity index (χ0) is 15.5. The van der Waals surface area contributed by atoms with Gasteiger partial charge in [0.2, 0.25) is 5.91 Å². The van der Waals surface area contributed by atoms with Crippen molar-refractivity contribution in [2.45, 2.75) is 38.6 Å². The summed E-state index contributed by atoms with van der Waals surface area (Å²) in [5.74, 6) is -0.338. The molecule has 3 amide bonds. The number of hydrogen-bond acceptors (Lipinski definition) is 5. The number of amides is 3. The van der Waals surface area contributed by atoms with Crippen molar-refractivity contribution in [3.05, 3.63) is 0 Å². The molecule has 7 nitrogen and oxygen atoms in total. The first kappa shape index (κ1) is 17.9. The molecule has 0 aromatic carbocycles. The van der Waals surface area contributed by atoms with E-state index >= 15 is 0 Å². The summed E-state index contributed by atoms with van der Waals surface area (Å²) >= 11 is 0. The van der Waals surface area contributed by atoms with Gasteiger partial charge in [0.1, 0.15) is 0 Å². The fraction of sp³-hybridized carbons (Fsp3) is 0.857. The Morgan fingerprint density at radius 1 is 1.43 bits per heavy atom. The van der Waals surface area contributed by atoms with Crippen LogP contribution in [-0.4, -0.2) is 67.3 Å². The SMILES string of the molecule is CCCCNC(=O)NC(=O)CN(CCO)CC1CCCN1. The van der Waals surface area contributed by atoms with Crippen molar-refractivity contribution >= 4 is 11.9 Å². The number of nitrogens with zero attached hydrogens (tertiary/aromatic N) is 1. The van der Waals surface area contributed by atoms with E-state index in [4.69, 9.17) is 5.11 Å². The lowest BCUT2D eigenvalue weighted by Crippen LogP contribution is -2.47. The lowest BCUT2D eigenvalue weighted by molar-refractivity contribution is -0.121. The van der Waals surface area contributed by atoms with Crippen molar-refractivity contribution in [2.24, 2.45) is 0 Å². The number of aliphatic hydroxyl groups is 1. The molecule has 7 heteroatoms. The maximum Gasteiger partial charge on any atom is 0.321 e. The molecule has 0 aromatic heterocycles. The summed E-state index contributed by atoms with van der Waals surface area (Å²) in [7, 11) is 0. The van der Waals surface area contributed by atoms with Gasteiger partial charge in [-0.1, -0.05) is 13.3 Å². The number of nitrogens with one attached hydrogen (secondary N) is 3. The highest BCUT2D eigenvalue weighted by molar-refractivity contribution is 5.95. The van der Waals surface area contributed by atoms with Gasteiger partial charge in [0.15, 0.2) is 0 Å². The standard InChI is InChI=1S/C14H28N4O3/c1-2-3-6-16-14(21)17-13(20)11-18(8-9-19)10-12-5-4-7-15-12/h12,15,19H,2-11H2,1H3,(H2,16,17,20,21). The van der Waals surface area contributed by atoms with E-state index in [9.17, 15) is 9.59 Å². The highest BCUT2D eigenvalue weighted by Gasteiger charge is 2.19. The van der Waals surface area contributed by atoms with Gasteiger partial charge in [-0.15, -0.1) is 0 Å². The lowest BCUT2D eigenvalue weighted by Gasteiger charge is -2.24. The van der Waals surface area contributed by atoms with E-state index in [2.05, 4.69) is 16.0 Å². The molecule has 1 saturated heterocycles. The Morgan fingerprint density at radius 3 is 2.86 bits per heavy atom. The Balaban J connectivity index is 2.28. The average Bonchev–Trinajstić information content (AvgIpc) is 2.92. The second-order valence-corrected chi connectivity index (χ2v) is 5.41. The number of carbonyl (C=O) groups is 2. The molecule has 1 unspecified atom stereocenters. The van der Waals surface area contributed by atoms with E-state index in [0.717, 1.165) is 32.2 Å². The van der Waals surface area contributed by atoms with Gasteiger partial charge in [-0.25, -0.2) is 4.79 Å². The van der Waals surface area contributed by atoms with Crippen molar-refractivity contribution in [2.75, 3.05) is 39.3 Å². The van der Waals surface area contributed by atoms with Gasteiger partial charge in [-0.05, 0) is 25.8 Å². The molecule has 0 saturated carbocycles. The van der Waals surface area contributed by atoms with Crippen LogP contribution in [0.2, 0.25) is 0 Å². The van der Waals surface area contributed by atoms with E-state index in [1.54, 1.807) is 0 Å². The Morgan fingerprint density at radius 2 is 2.24 bits per heavy atom. The molecule has 1 aliphatic rings. The summed E-state index contributed by atoms with van der Waals surface area (Å²) in [4.78, 5) is 25.2. The molecule has 1 rings (SSSR count). The number of hydrogen-bond donors (Lipinski definition) is 4. The largest absolute Gasteiger partial charge is 0.395 e. The first-order valence-electron chi connectivity index (χ1n) is 7.80. The molecule has 1 atom stereocenters. The molecule has 0 spiro atoms. The van der Waals surface area contributed by atoms with Crippen LogP contribution in [0.5, 0.6) is 0 Å². The van der Waals surface area contributed by atoms with E-state index < -0.39 is 6.03 Å². The van der Waals surface area contributed by atoms with Crippen LogP contribution in [0.25, 0.3) is 0 Å². The maximum absolute atomic E-state index is 11.8. The third kappa shape index (κ3) is 7.99.